The summed E-state index contributed by atoms with van der Waals surface area (Å²) in [4.78, 5) is 4.00. The molecule has 0 aliphatic heterocycles. The molecule has 2 rings (SSSR count). The van der Waals surface area contributed by atoms with Crippen molar-refractivity contribution in [3.8, 4) is 0 Å². The molecule has 2 nitrogen and oxygen atoms in total. The Hall–Kier alpha value is -1.26. The molecule has 1 N–H and O–H groups in total. The molecule has 1 aromatic heterocycles. The third-order valence-corrected chi connectivity index (χ3v) is 3.56. The van der Waals surface area contributed by atoms with E-state index in [1.54, 1.807) is 12.4 Å². The van der Waals surface area contributed by atoms with Gasteiger partial charge in [0, 0.05) is 22.9 Å². The first kappa shape index (κ1) is 13.2. The minimum absolute atomic E-state index is 0.141. The van der Waals surface area contributed by atoms with E-state index < -0.39 is 0 Å². The first-order valence-corrected chi connectivity index (χ1v) is 6.51. The first-order valence-electron chi connectivity index (χ1n) is 5.72. The highest BCUT2D eigenvalue weighted by Crippen LogP contribution is 2.26. The van der Waals surface area contributed by atoms with Crippen molar-refractivity contribution in [2.75, 3.05) is 7.05 Å². The molecule has 2 aromatic rings. The number of hydrogen-bond acceptors (Lipinski definition) is 2. The molecule has 1 atom stereocenters. The van der Waals surface area contributed by atoms with Crippen LogP contribution < -0.4 is 5.32 Å². The average molecular weight is 309 g/mol. The Kier molecular flexibility index (Phi) is 4.44. The maximum atomic E-state index is 13.1. The smallest absolute Gasteiger partial charge is 0.124 e. The number of rotatable bonds is 4. The van der Waals surface area contributed by atoms with Gasteiger partial charge in [0.15, 0.2) is 0 Å². The Balaban J connectivity index is 2.23. The summed E-state index contributed by atoms with van der Waals surface area (Å²) < 4.78 is 13.9. The van der Waals surface area contributed by atoms with Crippen molar-refractivity contribution in [2.24, 2.45) is 0 Å². The molecular weight excluding hydrogens is 295 g/mol. The van der Waals surface area contributed by atoms with E-state index in [2.05, 4.69) is 26.2 Å². The maximum Gasteiger partial charge on any atom is 0.124 e. The normalized spacial score (nSPS) is 12.4. The molecule has 0 bridgehead atoms. The number of hydrogen-bond donors (Lipinski definition) is 1. The van der Waals surface area contributed by atoms with E-state index in [4.69, 9.17) is 0 Å². The molecule has 94 valence electrons. The topological polar surface area (TPSA) is 24.9 Å². The van der Waals surface area contributed by atoms with E-state index in [-0.39, 0.29) is 11.9 Å². The molecule has 0 saturated carbocycles. The summed E-state index contributed by atoms with van der Waals surface area (Å²) in [6, 6.07) is 8.90. The second-order valence-corrected chi connectivity index (χ2v) is 4.92. The van der Waals surface area contributed by atoms with Crippen molar-refractivity contribution < 1.29 is 4.39 Å². The van der Waals surface area contributed by atoms with Gasteiger partial charge in [-0.1, -0.05) is 22.0 Å². The molecule has 4 heteroatoms. The number of likely N-dealkylation sites (N-methyl/N-ethyl adjacent to an activating group) is 1. The number of pyridine rings is 1. The van der Waals surface area contributed by atoms with Gasteiger partial charge in [-0.3, -0.25) is 4.98 Å². The van der Waals surface area contributed by atoms with Gasteiger partial charge in [-0.15, -0.1) is 0 Å². The van der Waals surface area contributed by atoms with E-state index in [0.29, 0.717) is 0 Å². The van der Waals surface area contributed by atoms with Crippen LogP contribution in [0.3, 0.4) is 0 Å². The van der Waals surface area contributed by atoms with Gasteiger partial charge in [0.05, 0.1) is 0 Å². The molecule has 0 saturated heterocycles. The third-order valence-electron chi connectivity index (χ3n) is 2.88. The van der Waals surface area contributed by atoms with Gasteiger partial charge in [0.1, 0.15) is 5.82 Å². The maximum absolute atomic E-state index is 13.1. The molecule has 0 aliphatic rings. The predicted octanol–water partition coefficient (Wildman–Crippen LogP) is 3.49. The second-order valence-electron chi connectivity index (χ2n) is 4.07. The quantitative estimate of drug-likeness (QED) is 0.935. The van der Waals surface area contributed by atoms with Crippen LogP contribution in [0, 0.1) is 5.82 Å². The van der Waals surface area contributed by atoms with Gasteiger partial charge in [0.25, 0.3) is 0 Å². The van der Waals surface area contributed by atoms with Crippen molar-refractivity contribution >= 4 is 15.9 Å². The largest absolute Gasteiger partial charge is 0.313 e. The Morgan fingerprint density at radius 3 is 2.61 bits per heavy atom. The van der Waals surface area contributed by atoms with Gasteiger partial charge in [0.2, 0.25) is 0 Å². The number of aromatic nitrogens is 1. The van der Waals surface area contributed by atoms with Crippen LogP contribution in [0.5, 0.6) is 0 Å². The van der Waals surface area contributed by atoms with Gasteiger partial charge in [-0.2, -0.15) is 0 Å². The van der Waals surface area contributed by atoms with Crippen LogP contribution in [0.1, 0.15) is 17.2 Å². The van der Waals surface area contributed by atoms with Crippen LogP contribution in [0.4, 0.5) is 4.39 Å². The molecule has 1 unspecified atom stereocenters. The predicted molar refractivity (Wildman–Crippen MR) is 73.8 cm³/mol. The van der Waals surface area contributed by atoms with Crippen molar-refractivity contribution in [1.29, 1.82) is 0 Å². The van der Waals surface area contributed by atoms with Gasteiger partial charge < -0.3 is 5.32 Å². The highest BCUT2D eigenvalue weighted by Gasteiger charge is 2.13. The zero-order valence-electron chi connectivity index (χ0n) is 10.0. The van der Waals surface area contributed by atoms with Crippen molar-refractivity contribution in [3.05, 3.63) is 64.1 Å². The lowest BCUT2D eigenvalue weighted by Crippen LogP contribution is -2.19. The fraction of sp³-hybridized carbons (Fsp3) is 0.214. The third kappa shape index (κ3) is 3.15. The SMILES string of the molecule is CNC(Cc1ccncc1)c1ccc(F)cc1Br. The lowest BCUT2D eigenvalue weighted by molar-refractivity contribution is 0.582. The summed E-state index contributed by atoms with van der Waals surface area (Å²) in [5.74, 6) is -0.232. The Morgan fingerprint density at radius 1 is 1.28 bits per heavy atom. The molecule has 1 aromatic carbocycles. The summed E-state index contributed by atoms with van der Waals surface area (Å²) in [7, 11) is 1.90. The number of halogens is 2. The van der Waals surface area contributed by atoms with Crippen molar-refractivity contribution in [2.45, 2.75) is 12.5 Å². The standard InChI is InChI=1S/C14H14BrFN2/c1-17-14(8-10-4-6-18-7-5-10)12-3-2-11(16)9-13(12)15/h2-7,9,14,17H,8H2,1H3. The zero-order valence-corrected chi connectivity index (χ0v) is 11.6. The van der Waals surface area contributed by atoms with Crippen LogP contribution in [0.25, 0.3) is 0 Å². The summed E-state index contributed by atoms with van der Waals surface area (Å²) in [6.07, 6.45) is 4.40. The van der Waals surface area contributed by atoms with Gasteiger partial charge in [-0.25, -0.2) is 4.39 Å². The zero-order chi connectivity index (χ0) is 13.0. The minimum atomic E-state index is -0.232. The van der Waals surface area contributed by atoms with Crippen LogP contribution in [0.2, 0.25) is 0 Å². The van der Waals surface area contributed by atoms with Crippen molar-refractivity contribution in [3.63, 3.8) is 0 Å². The van der Waals surface area contributed by atoms with E-state index in [0.717, 1.165) is 16.5 Å². The van der Waals surface area contributed by atoms with E-state index in [1.807, 2.05) is 25.2 Å². The number of nitrogens with zero attached hydrogens (tertiary/aromatic N) is 1. The summed E-state index contributed by atoms with van der Waals surface area (Å²) in [5.41, 5.74) is 2.25. The van der Waals surface area contributed by atoms with Crippen LogP contribution >= 0.6 is 15.9 Å². The monoisotopic (exact) mass is 308 g/mol. The van der Waals surface area contributed by atoms with Crippen LogP contribution in [0.15, 0.2) is 47.2 Å². The number of nitrogens with one attached hydrogen (secondary N) is 1. The lowest BCUT2D eigenvalue weighted by atomic mass is 10.00. The molecule has 0 amide bonds. The summed E-state index contributed by atoms with van der Waals surface area (Å²) in [5, 5.41) is 3.25. The summed E-state index contributed by atoms with van der Waals surface area (Å²) in [6.45, 7) is 0. The average Bonchev–Trinajstić information content (AvgIpc) is 2.38. The molecule has 18 heavy (non-hydrogen) atoms. The number of benzene rings is 1. The van der Waals surface area contributed by atoms with Crippen molar-refractivity contribution in [1.82, 2.24) is 10.3 Å². The van der Waals surface area contributed by atoms with E-state index in [1.165, 1.54) is 17.7 Å². The molecule has 0 fully saturated rings. The Morgan fingerprint density at radius 2 is 2.00 bits per heavy atom. The van der Waals surface area contributed by atoms with E-state index >= 15 is 0 Å². The van der Waals surface area contributed by atoms with Crippen LogP contribution in [-0.2, 0) is 6.42 Å². The molecular formula is C14H14BrFN2. The fourth-order valence-corrected chi connectivity index (χ4v) is 2.53. The first-order chi connectivity index (χ1) is 8.70. The fourth-order valence-electron chi connectivity index (χ4n) is 1.91. The molecule has 0 radical (unpaired) electrons. The molecule has 0 aliphatic carbocycles. The van der Waals surface area contributed by atoms with Gasteiger partial charge in [-0.05, 0) is 48.9 Å². The summed E-state index contributed by atoms with van der Waals surface area (Å²) >= 11 is 3.41. The lowest BCUT2D eigenvalue weighted by Gasteiger charge is -2.18. The Labute approximate surface area is 114 Å². The molecule has 0 spiro atoms. The highest BCUT2D eigenvalue weighted by molar-refractivity contribution is 9.10. The second kappa shape index (κ2) is 6.07. The minimum Gasteiger partial charge on any atom is -0.313 e. The Bertz CT molecular complexity index is 516. The van der Waals surface area contributed by atoms with E-state index in [9.17, 15) is 4.39 Å². The van der Waals surface area contributed by atoms with Gasteiger partial charge >= 0.3 is 0 Å². The molecule has 1 heterocycles. The highest BCUT2D eigenvalue weighted by atomic mass is 79.9. The van der Waals surface area contributed by atoms with Crippen LogP contribution in [-0.4, -0.2) is 12.0 Å².